The molecule has 1 aromatic carbocycles. The van der Waals surface area contributed by atoms with Gasteiger partial charge in [0.1, 0.15) is 19.8 Å². The van der Waals surface area contributed by atoms with Crippen LogP contribution in [-0.2, 0) is 4.79 Å². The molecule has 2 heterocycles. The number of amides is 2. The van der Waals surface area contributed by atoms with Crippen LogP contribution in [0.4, 0.5) is 5.69 Å². The van der Waals surface area contributed by atoms with Crippen LogP contribution in [0.2, 0.25) is 4.34 Å². The molecule has 25 heavy (non-hydrogen) atoms. The van der Waals surface area contributed by atoms with E-state index in [1.54, 1.807) is 30.3 Å². The third kappa shape index (κ3) is 4.24. The highest BCUT2D eigenvalue weighted by atomic mass is 35.5. The van der Waals surface area contributed by atoms with Gasteiger partial charge in [0, 0.05) is 18.3 Å². The van der Waals surface area contributed by atoms with Crippen molar-refractivity contribution in [3.8, 4) is 11.5 Å². The highest BCUT2D eigenvalue weighted by Gasteiger charge is 2.19. The summed E-state index contributed by atoms with van der Waals surface area (Å²) in [6.07, 6.45) is 0. The molecule has 0 atom stereocenters. The van der Waals surface area contributed by atoms with Crippen molar-refractivity contribution in [2.24, 2.45) is 0 Å². The fourth-order valence-corrected chi connectivity index (χ4v) is 3.42. The molecular weight excluding hydrogens is 364 g/mol. The number of carbonyl (C=O) groups excluding carboxylic acids is 2. The molecule has 0 radical (unpaired) electrons. The van der Waals surface area contributed by atoms with Crippen LogP contribution < -0.4 is 14.8 Å². The Morgan fingerprint density at radius 2 is 1.96 bits per heavy atom. The molecule has 0 unspecified atom stereocenters. The Morgan fingerprint density at radius 3 is 2.64 bits per heavy atom. The van der Waals surface area contributed by atoms with E-state index >= 15 is 0 Å². The number of anilines is 1. The average molecular weight is 381 g/mol. The van der Waals surface area contributed by atoms with E-state index in [1.165, 1.54) is 16.2 Å². The second-order valence-electron chi connectivity index (χ2n) is 5.33. The molecule has 8 heteroatoms. The van der Waals surface area contributed by atoms with E-state index in [9.17, 15) is 9.59 Å². The van der Waals surface area contributed by atoms with E-state index in [0.29, 0.717) is 46.2 Å². The van der Waals surface area contributed by atoms with Gasteiger partial charge in [-0.3, -0.25) is 9.59 Å². The maximum atomic E-state index is 12.4. The van der Waals surface area contributed by atoms with Crippen molar-refractivity contribution in [2.45, 2.75) is 6.92 Å². The summed E-state index contributed by atoms with van der Waals surface area (Å²) in [6, 6.07) is 8.53. The highest BCUT2D eigenvalue weighted by Crippen LogP contribution is 2.32. The lowest BCUT2D eigenvalue weighted by Gasteiger charge is -2.21. The van der Waals surface area contributed by atoms with E-state index in [2.05, 4.69) is 5.32 Å². The number of nitrogens with one attached hydrogen (secondary N) is 1. The lowest BCUT2D eigenvalue weighted by atomic mass is 10.2. The molecule has 2 aromatic rings. The van der Waals surface area contributed by atoms with Crippen LogP contribution in [0.5, 0.6) is 11.5 Å². The first-order valence-electron chi connectivity index (χ1n) is 7.81. The van der Waals surface area contributed by atoms with Crippen molar-refractivity contribution in [1.82, 2.24) is 4.90 Å². The van der Waals surface area contributed by atoms with Gasteiger partial charge in [-0.2, -0.15) is 0 Å². The van der Waals surface area contributed by atoms with Crippen molar-refractivity contribution < 1.29 is 19.1 Å². The minimum atomic E-state index is -0.283. The molecule has 1 aliphatic rings. The monoisotopic (exact) mass is 380 g/mol. The molecule has 3 rings (SSSR count). The second kappa shape index (κ2) is 7.76. The number of ether oxygens (including phenoxy) is 2. The van der Waals surface area contributed by atoms with Gasteiger partial charge in [0.2, 0.25) is 5.91 Å². The predicted molar refractivity (Wildman–Crippen MR) is 97.0 cm³/mol. The van der Waals surface area contributed by atoms with Gasteiger partial charge in [-0.05, 0) is 31.2 Å². The molecule has 0 fully saturated rings. The third-order valence-electron chi connectivity index (χ3n) is 3.61. The molecule has 0 spiro atoms. The molecule has 0 aliphatic carbocycles. The Labute approximate surface area is 154 Å². The average Bonchev–Trinajstić information content (AvgIpc) is 3.05. The Hall–Kier alpha value is -2.25. The minimum Gasteiger partial charge on any atom is -0.486 e. The molecule has 132 valence electrons. The van der Waals surface area contributed by atoms with Crippen LogP contribution in [-0.4, -0.2) is 43.0 Å². The maximum Gasteiger partial charge on any atom is 0.264 e. The quantitative estimate of drug-likeness (QED) is 0.864. The number of halogens is 1. The first-order valence-corrected chi connectivity index (χ1v) is 9.00. The van der Waals surface area contributed by atoms with Gasteiger partial charge in [0.05, 0.1) is 9.21 Å². The smallest absolute Gasteiger partial charge is 0.264 e. The number of hydrogen-bond acceptors (Lipinski definition) is 5. The number of thiophene rings is 1. The van der Waals surface area contributed by atoms with Crippen molar-refractivity contribution in [3.05, 3.63) is 39.5 Å². The highest BCUT2D eigenvalue weighted by molar-refractivity contribution is 7.17. The van der Waals surface area contributed by atoms with Crippen molar-refractivity contribution in [3.63, 3.8) is 0 Å². The number of fused-ring (bicyclic) bond motifs is 1. The summed E-state index contributed by atoms with van der Waals surface area (Å²) in [5.41, 5.74) is 0.594. The minimum absolute atomic E-state index is 0.0424. The van der Waals surface area contributed by atoms with Crippen LogP contribution in [0.3, 0.4) is 0 Å². The standard InChI is InChI=1S/C17H17ClN2O4S/c1-2-20(17(22)14-5-6-15(18)25-14)10-16(21)19-11-3-4-12-13(9-11)24-8-7-23-12/h3-6,9H,2,7-8,10H2,1H3,(H,19,21). The first-order chi connectivity index (χ1) is 12.1. The zero-order valence-electron chi connectivity index (χ0n) is 13.6. The van der Waals surface area contributed by atoms with E-state index in [-0.39, 0.29) is 18.4 Å². The summed E-state index contributed by atoms with van der Waals surface area (Å²) in [4.78, 5) is 26.7. The predicted octanol–water partition coefficient (Wildman–Crippen LogP) is 3.27. The number of likely N-dealkylation sites (N-methyl/N-ethyl adjacent to an activating group) is 1. The van der Waals surface area contributed by atoms with E-state index in [4.69, 9.17) is 21.1 Å². The Kier molecular flexibility index (Phi) is 5.45. The summed E-state index contributed by atoms with van der Waals surface area (Å²) in [7, 11) is 0. The van der Waals surface area contributed by atoms with Gasteiger partial charge >= 0.3 is 0 Å². The number of hydrogen-bond donors (Lipinski definition) is 1. The van der Waals surface area contributed by atoms with Crippen LogP contribution in [0.1, 0.15) is 16.6 Å². The normalized spacial score (nSPS) is 12.6. The van der Waals surface area contributed by atoms with Gasteiger partial charge in [0.25, 0.3) is 5.91 Å². The van der Waals surface area contributed by atoms with Crippen molar-refractivity contribution >= 4 is 40.4 Å². The van der Waals surface area contributed by atoms with Gasteiger partial charge in [-0.25, -0.2) is 0 Å². The topological polar surface area (TPSA) is 67.9 Å². The fourth-order valence-electron chi connectivity index (χ4n) is 2.41. The molecule has 1 aliphatic heterocycles. The molecule has 0 saturated heterocycles. The molecule has 2 amide bonds. The lowest BCUT2D eigenvalue weighted by Crippen LogP contribution is -2.37. The molecule has 0 bridgehead atoms. The van der Waals surface area contributed by atoms with Gasteiger partial charge in [-0.1, -0.05) is 11.6 Å². The summed E-state index contributed by atoms with van der Waals surface area (Å²) in [6.45, 7) is 3.19. The molecule has 6 nitrogen and oxygen atoms in total. The van der Waals surface area contributed by atoms with Crippen LogP contribution in [0.15, 0.2) is 30.3 Å². The van der Waals surface area contributed by atoms with E-state index < -0.39 is 0 Å². The van der Waals surface area contributed by atoms with E-state index in [0.717, 1.165) is 0 Å². The van der Waals surface area contributed by atoms with Crippen LogP contribution >= 0.6 is 22.9 Å². The molecule has 0 saturated carbocycles. The number of benzene rings is 1. The number of rotatable bonds is 5. The number of carbonyl (C=O) groups is 2. The molecular formula is C17H17ClN2O4S. The van der Waals surface area contributed by atoms with Gasteiger partial charge < -0.3 is 19.7 Å². The maximum absolute atomic E-state index is 12.4. The molecule has 1 N–H and O–H groups in total. The molecule has 1 aromatic heterocycles. The third-order valence-corrected chi connectivity index (χ3v) is 4.83. The number of nitrogens with zero attached hydrogens (tertiary/aromatic N) is 1. The van der Waals surface area contributed by atoms with Crippen LogP contribution in [0, 0.1) is 0 Å². The first kappa shape index (κ1) is 17.6. The van der Waals surface area contributed by atoms with Gasteiger partial charge in [0.15, 0.2) is 11.5 Å². The summed E-state index contributed by atoms with van der Waals surface area (Å²) >= 11 is 7.07. The van der Waals surface area contributed by atoms with Crippen LogP contribution in [0.25, 0.3) is 0 Å². The lowest BCUT2D eigenvalue weighted by molar-refractivity contribution is -0.116. The zero-order valence-corrected chi connectivity index (χ0v) is 15.2. The van der Waals surface area contributed by atoms with Gasteiger partial charge in [-0.15, -0.1) is 11.3 Å². The fraction of sp³-hybridized carbons (Fsp3) is 0.294. The van der Waals surface area contributed by atoms with Crippen molar-refractivity contribution in [1.29, 1.82) is 0 Å². The Morgan fingerprint density at radius 1 is 1.20 bits per heavy atom. The Bertz CT molecular complexity index is 793. The summed E-state index contributed by atoms with van der Waals surface area (Å²) in [5.74, 6) is 0.760. The Balaban J connectivity index is 1.63. The zero-order chi connectivity index (χ0) is 17.8. The second-order valence-corrected chi connectivity index (χ2v) is 7.04. The summed E-state index contributed by atoms with van der Waals surface area (Å²) < 4.78 is 11.5. The summed E-state index contributed by atoms with van der Waals surface area (Å²) in [5, 5.41) is 2.78. The SMILES string of the molecule is CCN(CC(=O)Nc1ccc2c(c1)OCCO2)C(=O)c1ccc(Cl)s1. The largest absolute Gasteiger partial charge is 0.486 e. The van der Waals surface area contributed by atoms with E-state index in [1.807, 2.05) is 6.92 Å². The van der Waals surface area contributed by atoms with Crippen molar-refractivity contribution in [2.75, 3.05) is 31.6 Å².